The number of aryl methyl sites for hydroxylation is 1. The summed E-state index contributed by atoms with van der Waals surface area (Å²) in [6.45, 7) is 2.66. The molecule has 3 atom stereocenters. The molecule has 2 saturated heterocycles. The predicted octanol–water partition coefficient (Wildman–Crippen LogP) is 3.84. The van der Waals surface area contributed by atoms with E-state index in [0.29, 0.717) is 36.3 Å². The Balaban J connectivity index is 1.31. The van der Waals surface area contributed by atoms with Gasteiger partial charge in [0.25, 0.3) is 0 Å². The minimum Gasteiger partial charge on any atom is -0.336 e. The summed E-state index contributed by atoms with van der Waals surface area (Å²) in [7, 11) is 0. The third-order valence-corrected chi connectivity index (χ3v) is 6.66. The summed E-state index contributed by atoms with van der Waals surface area (Å²) in [5, 5.41) is 3.40. The number of halogens is 4. The molecule has 2 aromatic rings. The zero-order chi connectivity index (χ0) is 23.9. The minimum atomic E-state index is -1.27. The van der Waals surface area contributed by atoms with Crippen LogP contribution in [0.2, 0.25) is 5.02 Å². The highest BCUT2D eigenvalue weighted by Gasteiger charge is 2.47. The van der Waals surface area contributed by atoms with Gasteiger partial charge in [0, 0.05) is 42.3 Å². The summed E-state index contributed by atoms with van der Waals surface area (Å²) in [4.78, 5) is 28.9. The molecule has 0 unspecified atom stereocenters. The van der Waals surface area contributed by atoms with Crippen LogP contribution in [0.5, 0.6) is 0 Å². The smallest absolute Gasteiger partial charge is 0.322 e. The monoisotopic (exact) mass is 480 g/mol. The average Bonchev–Trinajstić information content (AvgIpc) is 3.36. The van der Waals surface area contributed by atoms with Crippen molar-refractivity contribution < 1.29 is 22.8 Å². The van der Waals surface area contributed by atoms with Crippen molar-refractivity contribution in [1.29, 1.82) is 0 Å². The van der Waals surface area contributed by atoms with Crippen molar-refractivity contribution in [2.75, 3.05) is 18.4 Å². The van der Waals surface area contributed by atoms with Gasteiger partial charge >= 0.3 is 6.03 Å². The minimum absolute atomic E-state index is 0.0598. The molecule has 10 heteroatoms. The number of amides is 3. The number of nitrogens with zero attached hydrogens (tertiary/aromatic N) is 2. The zero-order valence-corrected chi connectivity index (χ0v) is 18.7. The Bertz CT molecular complexity index is 1100. The van der Waals surface area contributed by atoms with Gasteiger partial charge in [-0.15, -0.1) is 0 Å². The van der Waals surface area contributed by atoms with E-state index in [0.717, 1.165) is 11.6 Å². The average molecular weight is 481 g/mol. The number of nitrogens with two attached hydrogens (primary N) is 1. The lowest BCUT2D eigenvalue weighted by Gasteiger charge is -2.34. The molecule has 2 aromatic carbocycles. The van der Waals surface area contributed by atoms with Crippen molar-refractivity contribution in [3.63, 3.8) is 0 Å². The molecule has 2 heterocycles. The Kier molecular flexibility index (Phi) is 6.54. The van der Waals surface area contributed by atoms with E-state index >= 15 is 0 Å². The van der Waals surface area contributed by atoms with Crippen LogP contribution in [-0.2, 0) is 11.2 Å². The van der Waals surface area contributed by atoms with Crippen molar-refractivity contribution >= 4 is 29.2 Å². The summed E-state index contributed by atoms with van der Waals surface area (Å²) < 4.78 is 40.4. The topological polar surface area (TPSA) is 78.7 Å². The van der Waals surface area contributed by atoms with Crippen molar-refractivity contribution in [2.45, 2.75) is 44.3 Å². The first kappa shape index (κ1) is 23.4. The number of urea groups is 1. The van der Waals surface area contributed by atoms with Gasteiger partial charge in [0.2, 0.25) is 5.91 Å². The zero-order valence-electron chi connectivity index (χ0n) is 18.0. The maximum atomic E-state index is 13.9. The molecule has 3 N–H and O–H groups in total. The lowest BCUT2D eigenvalue weighted by Crippen LogP contribution is -2.52. The highest BCUT2D eigenvalue weighted by atomic mass is 35.5. The van der Waals surface area contributed by atoms with Crippen LogP contribution < -0.4 is 11.1 Å². The number of hydrogen-bond donors (Lipinski definition) is 2. The molecule has 0 saturated carbocycles. The molecule has 2 fully saturated rings. The van der Waals surface area contributed by atoms with Crippen LogP contribution in [0.4, 0.5) is 23.7 Å². The van der Waals surface area contributed by atoms with Crippen LogP contribution >= 0.6 is 11.6 Å². The van der Waals surface area contributed by atoms with Gasteiger partial charge in [-0.1, -0.05) is 17.7 Å². The van der Waals surface area contributed by atoms with Crippen molar-refractivity contribution in [3.05, 3.63) is 63.9 Å². The molecule has 3 amide bonds. The number of piperazine rings is 1. The highest BCUT2D eigenvalue weighted by Crippen LogP contribution is 2.32. The summed E-state index contributed by atoms with van der Waals surface area (Å²) >= 11 is 6.11. The maximum Gasteiger partial charge on any atom is 0.322 e. The van der Waals surface area contributed by atoms with Crippen LogP contribution in [0.1, 0.15) is 24.0 Å². The fourth-order valence-corrected chi connectivity index (χ4v) is 4.68. The number of carbonyl (C=O) groups is 2. The molecule has 6 nitrogen and oxygen atoms in total. The van der Waals surface area contributed by atoms with E-state index in [9.17, 15) is 22.8 Å². The second kappa shape index (κ2) is 9.23. The van der Waals surface area contributed by atoms with E-state index in [1.165, 1.54) is 0 Å². The Morgan fingerprint density at radius 3 is 2.42 bits per heavy atom. The molecular formula is C23H24ClF3N4O2. The molecule has 0 aliphatic carbocycles. The number of rotatable bonds is 5. The molecule has 176 valence electrons. The molecule has 4 rings (SSSR count). The standard InChI is InChI=1S/C23H24ClF3N4O2/c1-12-2-3-15(7-18(12)24)29-23(33)31-11-16-8-17(31)10-30(16)22(32)6-14(28)4-13-5-20(26)21(27)9-19(13)25/h2-3,5,7,9,14,16-17H,4,6,8,10-11,28H2,1H3,(H,29,33)/t14-,16-,17-/m1/s1. The maximum absolute atomic E-state index is 13.9. The van der Waals surface area contributed by atoms with E-state index in [1.54, 1.807) is 21.9 Å². The van der Waals surface area contributed by atoms with Gasteiger partial charge in [-0.2, -0.15) is 0 Å². The first-order chi connectivity index (χ1) is 15.6. The molecular weight excluding hydrogens is 457 g/mol. The number of likely N-dealkylation sites (tertiary alicyclic amines) is 2. The summed E-state index contributed by atoms with van der Waals surface area (Å²) in [5.41, 5.74) is 7.44. The van der Waals surface area contributed by atoms with E-state index in [4.69, 9.17) is 17.3 Å². The third kappa shape index (κ3) is 4.94. The second-order valence-electron chi connectivity index (χ2n) is 8.66. The van der Waals surface area contributed by atoms with Crippen LogP contribution in [0.15, 0.2) is 30.3 Å². The molecule has 2 aliphatic heterocycles. The van der Waals surface area contributed by atoms with Crippen LogP contribution in [0, 0.1) is 24.4 Å². The van der Waals surface area contributed by atoms with E-state index in [1.807, 2.05) is 13.0 Å². The SMILES string of the molecule is Cc1ccc(NC(=O)N2C[C@H]3C[C@@H]2CN3C(=O)C[C@H](N)Cc2cc(F)c(F)cc2F)cc1Cl. The first-order valence-electron chi connectivity index (χ1n) is 10.6. The van der Waals surface area contributed by atoms with Crippen molar-refractivity contribution in [3.8, 4) is 0 Å². The fraction of sp³-hybridized carbons (Fsp3) is 0.391. The Morgan fingerprint density at radius 1 is 1.09 bits per heavy atom. The predicted molar refractivity (Wildman–Crippen MR) is 118 cm³/mol. The molecule has 33 heavy (non-hydrogen) atoms. The van der Waals surface area contributed by atoms with Gasteiger partial charge in [-0.25, -0.2) is 18.0 Å². The third-order valence-electron chi connectivity index (χ3n) is 6.25. The highest BCUT2D eigenvalue weighted by molar-refractivity contribution is 6.31. The number of hydrogen-bond acceptors (Lipinski definition) is 3. The number of fused-ring (bicyclic) bond motifs is 2. The number of benzene rings is 2. The van der Waals surface area contributed by atoms with Gasteiger partial charge in [0.15, 0.2) is 11.6 Å². The first-order valence-corrected chi connectivity index (χ1v) is 11.0. The van der Waals surface area contributed by atoms with Gasteiger partial charge < -0.3 is 20.9 Å². The van der Waals surface area contributed by atoms with E-state index < -0.39 is 23.5 Å². The van der Waals surface area contributed by atoms with Gasteiger partial charge in [-0.05, 0) is 49.1 Å². The Hall–Kier alpha value is -2.78. The fourth-order valence-electron chi connectivity index (χ4n) is 4.50. The molecule has 0 aromatic heterocycles. The number of anilines is 1. The lowest BCUT2D eigenvalue weighted by atomic mass is 10.0. The normalized spacial score (nSPS) is 20.3. The van der Waals surface area contributed by atoms with Gasteiger partial charge in [0.1, 0.15) is 5.82 Å². The molecule has 0 spiro atoms. The van der Waals surface area contributed by atoms with E-state index in [-0.39, 0.29) is 42.4 Å². The van der Waals surface area contributed by atoms with E-state index in [2.05, 4.69) is 5.32 Å². The van der Waals surface area contributed by atoms with Crippen LogP contribution in [0.25, 0.3) is 0 Å². The van der Waals surface area contributed by atoms with Crippen LogP contribution in [-0.4, -0.2) is 53.0 Å². The number of nitrogens with one attached hydrogen (secondary N) is 1. The molecule has 2 aliphatic rings. The second-order valence-corrected chi connectivity index (χ2v) is 9.07. The summed E-state index contributed by atoms with van der Waals surface area (Å²) in [6.07, 6.45) is 0.515. The van der Waals surface area contributed by atoms with Crippen LogP contribution in [0.3, 0.4) is 0 Å². The number of carbonyl (C=O) groups excluding carboxylic acids is 2. The molecule has 0 radical (unpaired) electrons. The van der Waals surface area contributed by atoms with Crippen molar-refractivity contribution in [1.82, 2.24) is 9.80 Å². The Morgan fingerprint density at radius 2 is 1.76 bits per heavy atom. The molecule has 2 bridgehead atoms. The van der Waals surface area contributed by atoms with Crippen molar-refractivity contribution in [2.24, 2.45) is 5.73 Å². The Labute approximate surface area is 194 Å². The summed E-state index contributed by atoms with van der Waals surface area (Å²) in [5.74, 6) is -3.53. The quantitative estimate of drug-likeness (QED) is 0.638. The van der Waals surface area contributed by atoms with Gasteiger partial charge in [-0.3, -0.25) is 4.79 Å². The lowest BCUT2D eigenvalue weighted by molar-refractivity contribution is -0.133. The van der Waals surface area contributed by atoms with Gasteiger partial charge in [0.05, 0.1) is 12.1 Å². The summed E-state index contributed by atoms with van der Waals surface area (Å²) in [6, 6.07) is 5.30. The largest absolute Gasteiger partial charge is 0.336 e.